The van der Waals surface area contributed by atoms with Crippen LogP contribution in [0.2, 0.25) is 0 Å². The summed E-state index contributed by atoms with van der Waals surface area (Å²) in [7, 11) is 0. The number of carboxylic acids is 1. The van der Waals surface area contributed by atoms with Gasteiger partial charge in [0.15, 0.2) is 0 Å². The van der Waals surface area contributed by atoms with E-state index in [0.29, 0.717) is 0 Å². The molecule has 0 spiro atoms. The highest BCUT2D eigenvalue weighted by atomic mass is 16.4. The molecule has 16 heavy (non-hydrogen) atoms. The molecule has 0 bridgehead atoms. The van der Waals surface area contributed by atoms with Crippen LogP contribution in [0.15, 0.2) is 18.6 Å². The fraction of sp³-hybridized carbons (Fsp3) is 0.545. The molecular weight excluding hydrogens is 206 g/mol. The summed E-state index contributed by atoms with van der Waals surface area (Å²) in [5.74, 6) is 0.0897. The molecule has 1 aliphatic heterocycles. The zero-order valence-corrected chi connectivity index (χ0v) is 9.04. The fourth-order valence-electron chi connectivity index (χ4n) is 2.17. The molecule has 1 saturated heterocycles. The highest BCUT2D eigenvalue weighted by Crippen LogP contribution is 2.24. The van der Waals surface area contributed by atoms with Gasteiger partial charge < -0.3 is 10.0 Å². The average Bonchev–Trinajstić information content (AvgIpc) is 2.30. The molecule has 0 radical (unpaired) electrons. The Balaban J connectivity index is 2.13. The van der Waals surface area contributed by atoms with Gasteiger partial charge >= 0.3 is 5.97 Å². The first-order valence-corrected chi connectivity index (χ1v) is 5.52. The van der Waals surface area contributed by atoms with Crippen LogP contribution in [-0.4, -0.2) is 33.6 Å². The molecule has 1 aromatic rings. The largest absolute Gasteiger partial charge is 0.481 e. The smallest absolute Gasteiger partial charge is 0.305 e. The van der Waals surface area contributed by atoms with Crippen molar-refractivity contribution in [2.45, 2.75) is 31.7 Å². The summed E-state index contributed by atoms with van der Waals surface area (Å²) in [5.41, 5.74) is 0. The second-order valence-electron chi connectivity index (χ2n) is 4.01. The maximum Gasteiger partial charge on any atom is 0.305 e. The first-order valence-electron chi connectivity index (χ1n) is 5.52. The highest BCUT2D eigenvalue weighted by molar-refractivity contribution is 5.68. The van der Waals surface area contributed by atoms with Crippen LogP contribution in [-0.2, 0) is 4.79 Å². The Morgan fingerprint density at radius 2 is 2.44 bits per heavy atom. The molecule has 0 aromatic carbocycles. The Hall–Kier alpha value is -1.65. The van der Waals surface area contributed by atoms with Gasteiger partial charge in [-0.3, -0.25) is 4.79 Å². The molecule has 5 nitrogen and oxygen atoms in total. The van der Waals surface area contributed by atoms with Crippen LogP contribution in [0, 0.1) is 0 Å². The number of hydrogen-bond acceptors (Lipinski definition) is 4. The van der Waals surface area contributed by atoms with Gasteiger partial charge in [0, 0.05) is 18.8 Å². The van der Waals surface area contributed by atoms with E-state index in [1.54, 1.807) is 6.20 Å². The van der Waals surface area contributed by atoms with E-state index in [0.717, 1.165) is 31.6 Å². The molecule has 1 fully saturated rings. The van der Waals surface area contributed by atoms with Gasteiger partial charge in [0.2, 0.25) is 0 Å². The lowest BCUT2D eigenvalue weighted by atomic mass is 9.99. The summed E-state index contributed by atoms with van der Waals surface area (Å²) in [6.07, 6.45) is 6.50. The van der Waals surface area contributed by atoms with Crippen molar-refractivity contribution < 1.29 is 9.90 Å². The molecule has 1 atom stereocenters. The summed E-state index contributed by atoms with van der Waals surface area (Å²) in [6, 6.07) is 1.90. The third-order valence-electron chi connectivity index (χ3n) is 2.90. The van der Waals surface area contributed by atoms with Crippen molar-refractivity contribution in [1.29, 1.82) is 0 Å². The van der Waals surface area contributed by atoms with Crippen molar-refractivity contribution in [2.75, 3.05) is 11.4 Å². The Labute approximate surface area is 94.1 Å². The van der Waals surface area contributed by atoms with Crippen LogP contribution in [0.4, 0.5) is 5.82 Å². The molecule has 86 valence electrons. The number of piperidine rings is 1. The highest BCUT2D eigenvalue weighted by Gasteiger charge is 2.25. The van der Waals surface area contributed by atoms with Gasteiger partial charge in [0.25, 0.3) is 0 Å². The predicted octanol–water partition coefficient (Wildman–Crippen LogP) is 1.31. The number of carboxylic acid groups (broad SMARTS) is 1. The van der Waals surface area contributed by atoms with Gasteiger partial charge in [0.1, 0.15) is 12.1 Å². The molecule has 1 unspecified atom stereocenters. The first-order chi connectivity index (χ1) is 7.77. The second-order valence-corrected chi connectivity index (χ2v) is 4.01. The van der Waals surface area contributed by atoms with Crippen molar-refractivity contribution in [2.24, 2.45) is 0 Å². The molecule has 1 aromatic heterocycles. The minimum atomic E-state index is -0.744. The predicted molar refractivity (Wildman–Crippen MR) is 59.3 cm³/mol. The van der Waals surface area contributed by atoms with Crippen molar-refractivity contribution >= 4 is 11.8 Å². The maximum atomic E-state index is 10.8. The van der Waals surface area contributed by atoms with Crippen LogP contribution in [0.5, 0.6) is 0 Å². The van der Waals surface area contributed by atoms with Crippen LogP contribution < -0.4 is 4.90 Å². The average molecular weight is 221 g/mol. The Bertz CT molecular complexity index is 356. The van der Waals surface area contributed by atoms with Gasteiger partial charge in [-0.15, -0.1) is 0 Å². The van der Waals surface area contributed by atoms with Gasteiger partial charge in [-0.2, -0.15) is 0 Å². The van der Waals surface area contributed by atoms with Crippen molar-refractivity contribution in [3.63, 3.8) is 0 Å². The number of nitrogens with zero attached hydrogens (tertiary/aromatic N) is 3. The van der Waals surface area contributed by atoms with Gasteiger partial charge in [0.05, 0.1) is 6.42 Å². The quantitative estimate of drug-likeness (QED) is 0.833. The van der Waals surface area contributed by atoms with Gasteiger partial charge in [-0.1, -0.05) is 0 Å². The number of aliphatic carboxylic acids is 1. The lowest BCUT2D eigenvalue weighted by Crippen LogP contribution is -2.41. The van der Waals surface area contributed by atoms with E-state index in [9.17, 15) is 4.79 Å². The molecule has 1 N–H and O–H groups in total. The van der Waals surface area contributed by atoms with E-state index in [1.807, 2.05) is 6.07 Å². The molecule has 1 aliphatic rings. The van der Waals surface area contributed by atoms with E-state index in [-0.39, 0.29) is 12.5 Å². The number of aromatic nitrogens is 2. The topological polar surface area (TPSA) is 66.3 Å². The third-order valence-corrected chi connectivity index (χ3v) is 2.90. The Morgan fingerprint density at radius 3 is 3.12 bits per heavy atom. The lowest BCUT2D eigenvalue weighted by molar-refractivity contribution is -0.137. The van der Waals surface area contributed by atoms with Crippen LogP contribution >= 0.6 is 0 Å². The molecule has 0 saturated carbocycles. The molecule has 2 heterocycles. The summed E-state index contributed by atoms with van der Waals surface area (Å²) in [6.45, 7) is 0.884. The number of carbonyl (C=O) groups is 1. The van der Waals surface area contributed by atoms with Crippen molar-refractivity contribution in [3.05, 3.63) is 18.6 Å². The Kier molecular flexibility index (Phi) is 3.34. The van der Waals surface area contributed by atoms with Gasteiger partial charge in [-0.05, 0) is 25.3 Å². The SMILES string of the molecule is O=C(O)CC1CCCCN1c1ccncn1. The minimum Gasteiger partial charge on any atom is -0.481 e. The van der Waals surface area contributed by atoms with E-state index in [1.165, 1.54) is 6.33 Å². The molecule has 2 rings (SSSR count). The van der Waals surface area contributed by atoms with E-state index < -0.39 is 5.97 Å². The van der Waals surface area contributed by atoms with Gasteiger partial charge in [-0.25, -0.2) is 9.97 Å². The number of hydrogen-bond donors (Lipinski definition) is 1. The van der Waals surface area contributed by atoms with E-state index in [4.69, 9.17) is 5.11 Å². The molecule has 0 amide bonds. The Morgan fingerprint density at radius 1 is 1.56 bits per heavy atom. The third kappa shape index (κ3) is 2.48. The standard InChI is InChI=1S/C11H15N3O2/c15-11(16)7-9-3-1-2-6-14(9)10-4-5-12-8-13-10/h4-5,8-9H,1-3,6-7H2,(H,15,16). The zero-order valence-electron chi connectivity index (χ0n) is 9.04. The maximum absolute atomic E-state index is 10.8. The molecular formula is C11H15N3O2. The number of anilines is 1. The van der Waals surface area contributed by atoms with E-state index >= 15 is 0 Å². The summed E-state index contributed by atoms with van der Waals surface area (Å²) >= 11 is 0. The normalized spacial score (nSPS) is 20.8. The first kappa shape index (κ1) is 10.9. The van der Waals surface area contributed by atoms with Crippen LogP contribution in [0.25, 0.3) is 0 Å². The van der Waals surface area contributed by atoms with E-state index in [2.05, 4.69) is 14.9 Å². The van der Waals surface area contributed by atoms with Crippen molar-refractivity contribution in [1.82, 2.24) is 9.97 Å². The van der Waals surface area contributed by atoms with Crippen LogP contribution in [0.3, 0.4) is 0 Å². The van der Waals surface area contributed by atoms with Crippen molar-refractivity contribution in [3.8, 4) is 0 Å². The summed E-state index contributed by atoms with van der Waals surface area (Å²) in [5, 5.41) is 8.87. The molecule has 0 aliphatic carbocycles. The lowest BCUT2D eigenvalue weighted by Gasteiger charge is -2.35. The second kappa shape index (κ2) is 4.92. The summed E-state index contributed by atoms with van der Waals surface area (Å²) in [4.78, 5) is 20.9. The summed E-state index contributed by atoms with van der Waals surface area (Å²) < 4.78 is 0. The monoisotopic (exact) mass is 221 g/mol. The van der Waals surface area contributed by atoms with Crippen LogP contribution in [0.1, 0.15) is 25.7 Å². The number of rotatable bonds is 3. The zero-order chi connectivity index (χ0) is 11.4. The fourth-order valence-corrected chi connectivity index (χ4v) is 2.17. The minimum absolute atomic E-state index is 0.0705. The molecule has 5 heteroatoms.